The molecule has 6 heteroatoms. The summed E-state index contributed by atoms with van der Waals surface area (Å²) in [5.41, 5.74) is 2.14. The standard InChI is InChI=1S/C21H18FNO3S/c22-19-9-5-16(6-10-19)3-4-17-7-11-20(12-8-17)27(25,26)21-18(13-15-24)2-1-14-23-21/h1-12,14,24H,13,15H2. The molecular weight excluding hydrogens is 365 g/mol. The summed E-state index contributed by atoms with van der Waals surface area (Å²) in [6.45, 7) is -0.151. The van der Waals surface area contributed by atoms with Crippen LogP contribution in [-0.2, 0) is 16.3 Å². The molecule has 0 spiro atoms. The molecule has 27 heavy (non-hydrogen) atoms. The van der Waals surface area contributed by atoms with Crippen molar-refractivity contribution in [2.75, 3.05) is 6.61 Å². The molecule has 1 heterocycles. The summed E-state index contributed by atoms with van der Waals surface area (Å²) in [5, 5.41) is 9.10. The van der Waals surface area contributed by atoms with E-state index in [-0.39, 0.29) is 28.8 Å². The van der Waals surface area contributed by atoms with Crippen LogP contribution in [-0.4, -0.2) is 25.1 Å². The van der Waals surface area contributed by atoms with Crippen LogP contribution < -0.4 is 0 Å². The second-order valence-corrected chi connectivity index (χ2v) is 7.76. The van der Waals surface area contributed by atoms with Gasteiger partial charge in [-0.2, -0.15) is 0 Å². The first kappa shape index (κ1) is 18.9. The second-order valence-electron chi connectivity index (χ2n) is 5.90. The summed E-state index contributed by atoms with van der Waals surface area (Å²) < 4.78 is 38.6. The summed E-state index contributed by atoms with van der Waals surface area (Å²) in [6.07, 6.45) is 5.29. The number of aromatic nitrogens is 1. The fraction of sp³-hybridized carbons (Fsp3) is 0.0952. The van der Waals surface area contributed by atoms with E-state index in [1.807, 2.05) is 12.2 Å². The van der Waals surface area contributed by atoms with Crippen LogP contribution in [0.2, 0.25) is 0 Å². The minimum atomic E-state index is -3.77. The molecule has 4 nitrogen and oxygen atoms in total. The van der Waals surface area contributed by atoms with E-state index in [1.165, 1.54) is 30.5 Å². The van der Waals surface area contributed by atoms with Gasteiger partial charge in [-0.1, -0.05) is 42.5 Å². The molecule has 0 aliphatic carbocycles. The van der Waals surface area contributed by atoms with Gasteiger partial charge in [0, 0.05) is 12.8 Å². The van der Waals surface area contributed by atoms with Crippen molar-refractivity contribution in [3.8, 4) is 0 Å². The predicted octanol–water partition coefficient (Wildman–Crippen LogP) is 3.76. The van der Waals surface area contributed by atoms with E-state index in [9.17, 15) is 12.8 Å². The third kappa shape index (κ3) is 4.48. The van der Waals surface area contributed by atoms with Crippen molar-refractivity contribution in [2.24, 2.45) is 0 Å². The normalized spacial score (nSPS) is 11.8. The van der Waals surface area contributed by atoms with Gasteiger partial charge in [-0.05, 0) is 53.4 Å². The molecule has 0 bridgehead atoms. The van der Waals surface area contributed by atoms with Gasteiger partial charge in [-0.15, -0.1) is 0 Å². The molecule has 1 aromatic heterocycles. The van der Waals surface area contributed by atoms with Gasteiger partial charge >= 0.3 is 0 Å². The summed E-state index contributed by atoms with van der Waals surface area (Å²) in [7, 11) is -3.77. The minimum absolute atomic E-state index is 0.0337. The average Bonchev–Trinajstić information content (AvgIpc) is 2.68. The third-order valence-electron chi connectivity index (χ3n) is 4.01. The molecule has 0 aliphatic heterocycles. The van der Waals surface area contributed by atoms with Crippen molar-refractivity contribution >= 4 is 22.0 Å². The number of rotatable bonds is 6. The summed E-state index contributed by atoms with van der Waals surface area (Å²) in [4.78, 5) is 4.15. The van der Waals surface area contributed by atoms with Crippen LogP contribution in [0.1, 0.15) is 16.7 Å². The molecule has 0 aliphatic rings. The maximum absolute atomic E-state index is 12.9. The van der Waals surface area contributed by atoms with Crippen molar-refractivity contribution in [3.05, 3.63) is 89.4 Å². The van der Waals surface area contributed by atoms with E-state index >= 15 is 0 Å². The Labute approximate surface area is 157 Å². The van der Waals surface area contributed by atoms with E-state index < -0.39 is 9.84 Å². The highest BCUT2D eigenvalue weighted by Gasteiger charge is 2.22. The van der Waals surface area contributed by atoms with Crippen molar-refractivity contribution in [2.45, 2.75) is 16.3 Å². The first-order valence-electron chi connectivity index (χ1n) is 8.34. The molecule has 0 unspecified atom stereocenters. The van der Waals surface area contributed by atoms with Gasteiger partial charge in [0.05, 0.1) is 4.90 Å². The van der Waals surface area contributed by atoms with E-state index in [2.05, 4.69) is 4.98 Å². The molecule has 3 rings (SSSR count). The van der Waals surface area contributed by atoms with Gasteiger partial charge in [0.25, 0.3) is 0 Å². The molecule has 2 aromatic carbocycles. The highest BCUT2D eigenvalue weighted by Crippen LogP contribution is 2.23. The Hall–Kier alpha value is -2.83. The van der Waals surface area contributed by atoms with Crippen molar-refractivity contribution < 1.29 is 17.9 Å². The Morgan fingerprint density at radius 1 is 0.926 bits per heavy atom. The minimum Gasteiger partial charge on any atom is -0.396 e. The van der Waals surface area contributed by atoms with Gasteiger partial charge in [0.1, 0.15) is 5.82 Å². The lowest BCUT2D eigenvalue weighted by Crippen LogP contribution is -2.09. The number of pyridine rings is 1. The number of sulfone groups is 1. The number of hydrogen-bond donors (Lipinski definition) is 1. The largest absolute Gasteiger partial charge is 0.396 e. The first-order valence-corrected chi connectivity index (χ1v) is 9.82. The Kier molecular flexibility index (Phi) is 5.78. The number of benzene rings is 2. The molecule has 0 radical (unpaired) electrons. The number of aliphatic hydroxyl groups excluding tert-OH is 1. The van der Waals surface area contributed by atoms with Crippen LogP contribution in [0.3, 0.4) is 0 Å². The molecule has 138 valence electrons. The SMILES string of the molecule is O=S(=O)(c1ccc(C=Cc2ccc(F)cc2)cc1)c1ncccc1CCO. The second kappa shape index (κ2) is 8.24. The van der Waals surface area contributed by atoms with Gasteiger partial charge < -0.3 is 5.11 Å². The zero-order valence-electron chi connectivity index (χ0n) is 14.4. The van der Waals surface area contributed by atoms with Gasteiger partial charge in [-0.3, -0.25) is 0 Å². The molecule has 3 aromatic rings. The number of hydrogen-bond acceptors (Lipinski definition) is 4. The highest BCUT2D eigenvalue weighted by atomic mass is 32.2. The van der Waals surface area contributed by atoms with Crippen LogP contribution in [0.25, 0.3) is 12.2 Å². The predicted molar refractivity (Wildman–Crippen MR) is 102 cm³/mol. The lowest BCUT2D eigenvalue weighted by Gasteiger charge is -2.09. The van der Waals surface area contributed by atoms with Crippen LogP contribution >= 0.6 is 0 Å². The van der Waals surface area contributed by atoms with Crippen LogP contribution in [0.4, 0.5) is 4.39 Å². The zero-order valence-corrected chi connectivity index (χ0v) is 15.2. The monoisotopic (exact) mass is 383 g/mol. The topological polar surface area (TPSA) is 67.3 Å². The Morgan fingerprint density at radius 3 is 2.11 bits per heavy atom. The molecule has 1 N–H and O–H groups in total. The fourth-order valence-electron chi connectivity index (χ4n) is 2.61. The highest BCUT2D eigenvalue weighted by molar-refractivity contribution is 7.91. The van der Waals surface area contributed by atoms with Crippen LogP contribution in [0.15, 0.2) is 76.8 Å². The van der Waals surface area contributed by atoms with Crippen molar-refractivity contribution in [3.63, 3.8) is 0 Å². The smallest absolute Gasteiger partial charge is 0.224 e. The Morgan fingerprint density at radius 2 is 1.52 bits per heavy atom. The van der Waals surface area contributed by atoms with E-state index in [0.29, 0.717) is 5.56 Å². The van der Waals surface area contributed by atoms with Crippen LogP contribution in [0, 0.1) is 5.82 Å². The summed E-state index contributed by atoms with van der Waals surface area (Å²) in [5.74, 6) is -0.295. The lowest BCUT2D eigenvalue weighted by molar-refractivity contribution is 0.298. The van der Waals surface area contributed by atoms with E-state index in [1.54, 1.807) is 36.4 Å². The van der Waals surface area contributed by atoms with Gasteiger partial charge in [0.15, 0.2) is 5.03 Å². The lowest BCUT2D eigenvalue weighted by atomic mass is 10.1. The molecule has 0 fully saturated rings. The van der Waals surface area contributed by atoms with E-state index in [0.717, 1.165) is 11.1 Å². The van der Waals surface area contributed by atoms with Crippen LogP contribution in [0.5, 0.6) is 0 Å². The molecule has 0 saturated heterocycles. The maximum Gasteiger partial charge on any atom is 0.224 e. The zero-order chi connectivity index (χ0) is 19.3. The van der Waals surface area contributed by atoms with Crippen molar-refractivity contribution in [1.29, 1.82) is 0 Å². The maximum atomic E-state index is 12.9. The average molecular weight is 383 g/mol. The van der Waals surface area contributed by atoms with Gasteiger partial charge in [-0.25, -0.2) is 17.8 Å². The molecular formula is C21H18FNO3S. The fourth-order valence-corrected chi connectivity index (χ4v) is 4.05. The van der Waals surface area contributed by atoms with Gasteiger partial charge in [0.2, 0.25) is 9.84 Å². The van der Waals surface area contributed by atoms with E-state index in [4.69, 9.17) is 5.11 Å². The first-order chi connectivity index (χ1) is 13.0. The van der Waals surface area contributed by atoms with Crippen molar-refractivity contribution in [1.82, 2.24) is 4.98 Å². The quantitative estimate of drug-likeness (QED) is 0.658. The summed E-state index contributed by atoms with van der Waals surface area (Å²) in [6, 6.07) is 15.8. The number of halogens is 1. The Bertz CT molecular complexity index is 1040. The molecule has 0 saturated carbocycles. The number of aliphatic hydroxyl groups is 1. The molecule has 0 amide bonds. The number of nitrogens with zero attached hydrogens (tertiary/aromatic N) is 1. The third-order valence-corrected chi connectivity index (χ3v) is 5.78. The molecule has 0 atom stereocenters. The summed E-state index contributed by atoms with van der Waals surface area (Å²) >= 11 is 0. The Balaban J connectivity index is 1.85.